The molecule has 0 aliphatic carbocycles. The lowest BCUT2D eigenvalue weighted by Gasteiger charge is -2.33. The van der Waals surface area contributed by atoms with Crippen LogP contribution in [0.3, 0.4) is 0 Å². The molecule has 2 fully saturated rings. The zero-order chi connectivity index (χ0) is 37.2. The summed E-state index contributed by atoms with van der Waals surface area (Å²) in [6.45, 7) is 3.50. The van der Waals surface area contributed by atoms with Gasteiger partial charge in [-0.25, -0.2) is 9.29 Å². The molecule has 4 aliphatic heterocycles. The second-order valence-corrected chi connectivity index (χ2v) is 14.2. The zero-order valence-corrected chi connectivity index (χ0v) is 29.8. The number of nitrogens with two attached hydrogens (primary N) is 1. The van der Waals surface area contributed by atoms with Gasteiger partial charge in [0.15, 0.2) is 11.5 Å². The van der Waals surface area contributed by atoms with Crippen molar-refractivity contribution in [3.63, 3.8) is 0 Å². The van der Waals surface area contributed by atoms with Crippen LogP contribution in [0, 0.1) is 5.82 Å². The van der Waals surface area contributed by atoms with Crippen molar-refractivity contribution in [3.8, 4) is 11.5 Å². The number of hydrogen-bond acceptors (Lipinski definition) is 9. The molecule has 278 valence electrons. The molecule has 4 heterocycles. The summed E-state index contributed by atoms with van der Waals surface area (Å²) in [5, 5.41) is 2.32. The molecular formula is C40H44FN5O7. The molecule has 53 heavy (non-hydrogen) atoms. The van der Waals surface area contributed by atoms with Gasteiger partial charge in [-0.15, -0.1) is 0 Å². The molecule has 0 aromatic heterocycles. The molecule has 12 nitrogen and oxygen atoms in total. The number of methoxy groups -OCH3 is 1. The third-order valence-electron chi connectivity index (χ3n) is 10.9. The Bertz CT molecular complexity index is 1960. The van der Waals surface area contributed by atoms with Crippen LogP contribution in [0.4, 0.5) is 15.8 Å². The number of nitrogen functional groups attached to an aromatic ring is 1. The van der Waals surface area contributed by atoms with Crippen molar-refractivity contribution in [2.75, 3.05) is 44.0 Å². The first-order valence-electron chi connectivity index (χ1n) is 18.4. The summed E-state index contributed by atoms with van der Waals surface area (Å²) in [6, 6.07) is 11.8. The van der Waals surface area contributed by atoms with Gasteiger partial charge in [-0.3, -0.25) is 29.3 Å². The molecule has 1 atom stereocenters. The van der Waals surface area contributed by atoms with Crippen LogP contribution in [0.15, 0.2) is 48.5 Å². The average Bonchev–Trinajstić information content (AvgIpc) is 3.60. The maximum Gasteiger partial charge on any atom is 0.266 e. The quantitative estimate of drug-likeness (QED) is 0.138. The molecule has 7 rings (SSSR count). The highest BCUT2D eigenvalue weighted by molar-refractivity contribution is 6.34. The number of piperidine rings is 2. The normalized spacial score (nSPS) is 19.1. The first-order valence-corrected chi connectivity index (χ1v) is 18.4. The highest BCUT2D eigenvalue weighted by atomic mass is 19.1. The van der Waals surface area contributed by atoms with Gasteiger partial charge >= 0.3 is 0 Å². The Balaban J connectivity index is 0.833. The van der Waals surface area contributed by atoms with Crippen LogP contribution in [0.5, 0.6) is 11.5 Å². The summed E-state index contributed by atoms with van der Waals surface area (Å²) < 4.78 is 26.3. The molecule has 0 spiro atoms. The van der Waals surface area contributed by atoms with E-state index in [9.17, 15) is 28.4 Å². The van der Waals surface area contributed by atoms with Crippen LogP contribution < -0.4 is 25.4 Å². The Labute approximate surface area is 307 Å². The van der Waals surface area contributed by atoms with Crippen LogP contribution in [-0.4, -0.2) is 78.7 Å². The number of amides is 5. The van der Waals surface area contributed by atoms with Gasteiger partial charge in [-0.1, -0.05) is 19.3 Å². The smallest absolute Gasteiger partial charge is 0.266 e. The standard InChI is InChI=1S/C40H44FN5O7/c1-52-34-11-8-27(46-39(50)28-9-7-26(42)21-31(28)40(46)51)22-35(34)53-18-6-4-2-3-5-15-44-16-13-24(14-17-44)29-19-25(41)20-30-32(29)23-45(38(30)49)33-10-12-36(47)43-37(33)48/h7-9,11,19-22,24,33H,2-6,10,12-18,23,42H2,1H3,(H,43,47,48). The number of imide groups is 2. The second kappa shape index (κ2) is 15.4. The van der Waals surface area contributed by atoms with Gasteiger partial charge in [0.25, 0.3) is 17.7 Å². The van der Waals surface area contributed by atoms with Gasteiger partial charge in [-0.2, -0.15) is 0 Å². The van der Waals surface area contributed by atoms with Gasteiger partial charge < -0.3 is 25.0 Å². The number of fused-ring (bicyclic) bond motifs is 2. The summed E-state index contributed by atoms with van der Waals surface area (Å²) in [6.07, 6.45) is 7.23. The minimum Gasteiger partial charge on any atom is -0.493 e. The highest BCUT2D eigenvalue weighted by Crippen LogP contribution is 2.39. The van der Waals surface area contributed by atoms with Crippen LogP contribution >= 0.6 is 0 Å². The lowest BCUT2D eigenvalue weighted by atomic mass is 9.85. The number of unbranched alkanes of at least 4 members (excludes halogenated alkanes) is 4. The predicted molar refractivity (Wildman–Crippen MR) is 194 cm³/mol. The molecule has 3 N–H and O–H groups in total. The largest absolute Gasteiger partial charge is 0.493 e. The summed E-state index contributed by atoms with van der Waals surface area (Å²) in [7, 11) is 1.55. The van der Waals surface area contributed by atoms with E-state index in [-0.39, 0.29) is 42.7 Å². The third kappa shape index (κ3) is 7.35. The van der Waals surface area contributed by atoms with Crippen molar-refractivity contribution in [1.82, 2.24) is 15.1 Å². The van der Waals surface area contributed by atoms with E-state index in [2.05, 4.69) is 10.2 Å². The fourth-order valence-electron chi connectivity index (χ4n) is 8.05. The number of nitrogens with one attached hydrogen (secondary N) is 1. The van der Waals surface area contributed by atoms with Crippen molar-refractivity contribution >= 4 is 40.9 Å². The Hall–Kier alpha value is -5.30. The van der Waals surface area contributed by atoms with E-state index in [0.29, 0.717) is 40.6 Å². The molecule has 0 radical (unpaired) electrons. The van der Waals surface area contributed by atoms with E-state index in [4.69, 9.17) is 15.2 Å². The first-order chi connectivity index (χ1) is 25.6. The highest BCUT2D eigenvalue weighted by Gasteiger charge is 2.41. The van der Waals surface area contributed by atoms with E-state index in [1.165, 1.54) is 17.0 Å². The molecule has 13 heteroatoms. The monoisotopic (exact) mass is 725 g/mol. The maximum atomic E-state index is 14.8. The number of nitrogens with zero attached hydrogens (tertiary/aromatic N) is 3. The second-order valence-electron chi connectivity index (χ2n) is 14.2. The number of rotatable bonds is 13. The van der Waals surface area contributed by atoms with Crippen molar-refractivity contribution in [1.29, 1.82) is 0 Å². The van der Waals surface area contributed by atoms with Crippen LogP contribution in [0.1, 0.15) is 106 Å². The zero-order valence-electron chi connectivity index (χ0n) is 29.8. The van der Waals surface area contributed by atoms with Crippen molar-refractivity contribution in [2.24, 2.45) is 0 Å². The van der Waals surface area contributed by atoms with Crippen LogP contribution in [-0.2, 0) is 16.1 Å². The van der Waals surface area contributed by atoms with Gasteiger partial charge in [0.1, 0.15) is 11.9 Å². The molecule has 5 amide bonds. The molecule has 2 saturated heterocycles. The summed E-state index contributed by atoms with van der Waals surface area (Å²) in [5.41, 5.74) is 9.27. The fourth-order valence-corrected chi connectivity index (χ4v) is 8.05. The summed E-state index contributed by atoms with van der Waals surface area (Å²) in [5.74, 6) is -1.31. The number of carbonyl (C=O) groups is 5. The number of anilines is 2. The minimum absolute atomic E-state index is 0.136. The average molecular weight is 726 g/mol. The Morgan fingerprint density at radius 2 is 1.57 bits per heavy atom. The van der Waals surface area contributed by atoms with Crippen molar-refractivity contribution in [3.05, 3.63) is 82.2 Å². The molecular weight excluding hydrogens is 681 g/mol. The van der Waals surface area contributed by atoms with Crippen LogP contribution in [0.2, 0.25) is 0 Å². The van der Waals surface area contributed by atoms with E-state index >= 15 is 0 Å². The third-order valence-corrected chi connectivity index (χ3v) is 10.9. The Morgan fingerprint density at radius 3 is 2.34 bits per heavy atom. The molecule has 0 saturated carbocycles. The molecule has 4 aliphatic rings. The van der Waals surface area contributed by atoms with Gasteiger partial charge in [-0.05, 0) is 111 Å². The first kappa shape index (κ1) is 36.1. The number of ether oxygens (including phenoxy) is 2. The molecule has 3 aromatic rings. The SMILES string of the molecule is COc1ccc(N2C(=O)c3ccc(N)cc3C2=O)cc1OCCCCCCCN1CCC(c2cc(F)cc3c2CN(C2CCC(=O)NC2=O)C3=O)CC1. The van der Waals surface area contributed by atoms with Crippen molar-refractivity contribution in [2.45, 2.75) is 76.3 Å². The molecule has 0 bridgehead atoms. The lowest BCUT2D eigenvalue weighted by Crippen LogP contribution is -2.52. The molecule has 3 aromatic carbocycles. The maximum absolute atomic E-state index is 14.8. The van der Waals surface area contributed by atoms with Crippen molar-refractivity contribution < 1.29 is 37.8 Å². The fraction of sp³-hybridized carbons (Fsp3) is 0.425. The van der Waals surface area contributed by atoms with E-state index in [0.717, 1.165) is 80.6 Å². The van der Waals surface area contributed by atoms with Gasteiger partial charge in [0.2, 0.25) is 11.8 Å². The van der Waals surface area contributed by atoms with E-state index in [1.54, 1.807) is 43.5 Å². The number of likely N-dealkylation sites (tertiary alicyclic amines) is 1. The summed E-state index contributed by atoms with van der Waals surface area (Å²) >= 11 is 0. The van der Waals surface area contributed by atoms with Gasteiger partial charge in [0.05, 0.1) is 30.5 Å². The number of benzene rings is 3. The number of carbonyl (C=O) groups excluding carboxylic acids is 5. The molecule has 1 unspecified atom stereocenters. The topological polar surface area (TPSA) is 152 Å². The number of hydrogen-bond donors (Lipinski definition) is 2. The lowest BCUT2D eigenvalue weighted by molar-refractivity contribution is -0.136. The van der Waals surface area contributed by atoms with Crippen LogP contribution in [0.25, 0.3) is 0 Å². The van der Waals surface area contributed by atoms with E-state index in [1.807, 2.05) is 0 Å². The van der Waals surface area contributed by atoms with Gasteiger partial charge in [0, 0.05) is 30.3 Å². The predicted octanol–water partition coefficient (Wildman–Crippen LogP) is 5.19. The number of halogens is 1. The Morgan fingerprint density at radius 1 is 0.811 bits per heavy atom. The summed E-state index contributed by atoms with van der Waals surface area (Å²) in [4.78, 5) is 68.5. The minimum atomic E-state index is -0.722. The Kier molecular flexibility index (Phi) is 10.5. The van der Waals surface area contributed by atoms with E-state index < -0.39 is 29.6 Å².